The monoisotopic (exact) mass is 381 g/mol. The second-order valence-electron chi connectivity index (χ2n) is 3.59. The van der Waals surface area contributed by atoms with Crippen molar-refractivity contribution in [3.8, 4) is 0 Å². The van der Waals surface area contributed by atoms with Crippen molar-refractivity contribution in [1.29, 1.82) is 0 Å². The highest BCUT2D eigenvalue weighted by Crippen LogP contribution is 2.32. The van der Waals surface area contributed by atoms with Crippen LogP contribution in [0.1, 0.15) is 4.88 Å². The Morgan fingerprint density at radius 3 is 2.68 bits per heavy atom. The van der Waals surface area contributed by atoms with E-state index in [1.807, 2.05) is 0 Å². The summed E-state index contributed by atoms with van der Waals surface area (Å²) >= 11 is 10.2. The maximum Gasteiger partial charge on any atom is 0.271 e. The Morgan fingerprint density at radius 2 is 2.05 bits per heavy atom. The summed E-state index contributed by atoms with van der Waals surface area (Å²) < 4.78 is 27.4. The fourth-order valence-corrected chi connectivity index (χ4v) is 4.32. The van der Waals surface area contributed by atoms with Crippen molar-refractivity contribution in [2.24, 2.45) is 0 Å². The Kier molecular flexibility index (Phi) is 4.52. The van der Waals surface area contributed by atoms with Gasteiger partial charge in [0.05, 0.1) is 21.8 Å². The normalized spacial score (nSPS) is 11.5. The summed E-state index contributed by atoms with van der Waals surface area (Å²) in [5.41, 5.74) is 0.367. The molecule has 1 aromatic carbocycles. The first kappa shape index (κ1) is 14.8. The zero-order valence-electron chi connectivity index (χ0n) is 9.43. The topological polar surface area (TPSA) is 66.4 Å². The zero-order valence-corrected chi connectivity index (χ0v) is 13.4. The van der Waals surface area contributed by atoms with Crippen LogP contribution in [0.25, 0.3) is 0 Å². The van der Waals surface area contributed by atoms with Crippen LogP contribution < -0.4 is 4.72 Å². The van der Waals surface area contributed by atoms with Crippen molar-refractivity contribution in [3.63, 3.8) is 0 Å². The SMILES string of the molecule is O=S(=O)(Nc1cccc(Cl)c1Br)c1ccc(CO)s1. The van der Waals surface area contributed by atoms with E-state index in [0.29, 0.717) is 20.1 Å². The van der Waals surface area contributed by atoms with Crippen LogP contribution in [0.2, 0.25) is 5.02 Å². The highest BCUT2D eigenvalue weighted by molar-refractivity contribution is 9.10. The number of benzene rings is 1. The van der Waals surface area contributed by atoms with Crippen molar-refractivity contribution < 1.29 is 13.5 Å². The van der Waals surface area contributed by atoms with E-state index in [2.05, 4.69) is 20.7 Å². The van der Waals surface area contributed by atoms with Crippen molar-refractivity contribution in [2.75, 3.05) is 4.72 Å². The first-order valence-electron chi connectivity index (χ1n) is 5.10. The van der Waals surface area contributed by atoms with Gasteiger partial charge in [0.2, 0.25) is 0 Å². The van der Waals surface area contributed by atoms with E-state index in [1.54, 1.807) is 24.3 Å². The lowest BCUT2D eigenvalue weighted by Crippen LogP contribution is -2.11. The second-order valence-corrected chi connectivity index (χ2v) is 7.86. The lowest BCUT2D eigenvalue weighted by molar-refractivity contribution is 0.285. The van der Waals surface area contributed by atoms with Gasteiger partial charge in [-0.3, -0.25) is 4.72 Å². The van der Waals surface area contributed by atoms with Gasteiger partial charge in [0.1, 0.15) is 4.21 Å². The van der Waals surface area contributed by atoms with Crippen LogP contribution in [-0.2, 0) is 16.6 Å². The average molecular weight is 383 g/mol. The van der Waals surface area contributed by atoms with Gasteiger partial charge in [-0.15, -0.1) is 11.3 Å². The van der Waals surface area contributed by atoms with E-state index in [-0.39, 0.29) is 10.8 Å². The number of rotatable bonds is 4. The summed E-state index contributed by atoms with van der Waals surface area (Å²) in [7, 11) is -3.67. The van der Waals surface area contributed by atoms with E-state index >= 15 is 0 Å². The number of aliphatic hydroxyl groups excluding tert-OH is 1. The van der Waals surface area contributed by atoms with Gasteiger partial charge in [-0.2, -0.15) is 0 Å². The molecule has 1 aromatic heterocycles. The molecule has 102 valence electrons. The summed E-state index contributed by atoms with van der Waals surface area (Å²) in [5.74, 6) is 0. The van der Waals surface area contributed by atoms with Crippen molar-refractivity contribution >= 4 is 54.6 Å². The number of anilines is 1. The Bertz CT molecular complexity index is 700. The summed E-state index contributed by atoms with van der Waals surface area (Å²) in [4.78, 5) is 0.588. The summed E-state index contributed by atoms with van der Waals surface area (Å²) in [6, 6.07) is 7.94. The molecule has 2 rings (SSSR count). The smallest absolute Gasteiger partial charge is 0.271 e. The van der Waals surface area contributed by atoms with E-state index in [4.69, 9.17) is 16.7 Å². The summed E-state index contributed by atoms with van der Waals surface area (Å²) in [6.07, 6.45) is 0. The number of hydrogen-bond donors (Lipinski definition) is 2. The van der Waals surface area contributed by atoms with Gasteiger partial charge in [-0.05, 0) is 40.2 Å². The number of halogens is 2. The third-order valence-electron chi connectivity index (χ3n) is 2.25. The first-order valence-corrected chi connectivity index (χ1v) is 8.57. The van der Waals surface area contributed by atoms with Crippen LogP contribution in [0.5, 0.6) is 0 Å². The third-order valence-corrected chi connectivity index (χ3v) is 6.58. The van der Waals surface area contributed by atoms with Crippen LogP contribution >= 0.6 is 38.9 Å². The van der Waals surface area contributed by atoms with Gasteiger partial charge < -0.3 is 5.11 Å². The zero-order chi connectivity index (χ0) is 14.0. The van der Waals surface area contributed by atoms with Crippen LogP contribution in [0.3, 0.4) is 0 Å². The van der Waals surface area contributed by atoms with Crippen LogP contribution in [0, 0.1) is 0 Å². The van der Waals surface area contributed by atoms with Crippen molar-refractivity contribution in [3.05, 3.63) is 44.7 Å². The van der Waals surface area contributed by atoms with E-state index in [9.17, 15) is 8.42 Å². The molecule has 19 heavy (non-hydrogen) atoms. The number of aliphatic hydroxyl groups is 1. The molecule has 8 heteroatoms. The molecule has 0 aliphatic heterocycles. The second kappa shape index (κ2) is 5.80. The fourth-order valence-electron chi connectivity index (χ4n) is 1.37. The highest BCUT2D eigenvalue weighted by atomic mass is 79.9. The van der Waals surface area contributed by atoms with Gasteiger partial charge in [-0.25, -0.2) is 8.42 Å². The number of sulfonamides is 1. The maximum absolute atomic E-state index is 12.1. The average Bonchev–Trinajstić information content (AvgIpc) is 2.84. The van der Waals surface area contributed by atoms with E-state index in [1.165, 1.54) is 6.07 Å². The van der Waals surface area contributed by atoms with Gasteiger partial charge in [0.25, 0.3) is 10.0 Å². The standard InChI is InChI=1S/C11H9BrClNO3S2/c12-11-8(13)2-1-3-9(11)14-19(16,17)10-5-4-7(6-15)18-10/h1-5,14-15H,6H2. The number of nitrogens with one attached hydrogen (secondary N) is 1. The van der Waals surface area contributed by atoms with E-state index < -0.39 is 10.0 Å². The molecule has 0 atom stereocenters. The third kappa shape index (κ3) is 3.29. The molecular weight excluding hydrogens is 374 g/mol. The van der Waals surface area contributed by atoms with Gasteiger partial charge in [0.15, 0.2) is 0 Å². The molecule has 4 nitrogen and oxygen atoms in total. The molecule has 0 amide bonds. The Balaban J connectivity index is 2.33. The molecule has 2 aromatic rings. The minimum Gasteiger partial charge on any atom is -0.391 e. The highest BCUT2D eigenvalue weighted by Gasteiger charge is 2.18. The predicted molar refractivity (Wildman–Crippen MR) is 80.2 cm³/mol. The molecule has 0 saturated heterocycles. The van der Waals surface area contributed by atoms with Crippen LogP contribution in [0.15, 0.2) is 39.0 Å². The molecule has 0 aliphatic carbocycles. The molecule has 1 heterocycles. The van der Waals surface area contributed by atoms with Gasteiger partial charge in [-0.1, -0.05) is 17.7 Å². The molecule has 0 saturated carbocycles. The van der Waals surface area contributed by atoms with Crippen LogP contribution in [-0.4, -0.2) is 13.5 Å². The van der Waals surface area contributed by atoms with Crippen LogP contribution in [0.4, 0.5) is 5.69 Å². The summed E-state index contributed by atoms with van der Waals surface area (Å²) in [6.45, 7) is -0.180. The summed E-state index contributed by atoms with van der Waals surface area (Å²) in [5, 5.41) is 9.38. The largest absolute Gasteiger partial charge is 0.391 e. The van der Waals surface area contributed by atoms with Gasteiger partial charge >= 0.3 is 0 Å². The molecule has 2 N–H and O–H groups in total. The molecule has 0 fully saturated rings. The quantitative estimate of drug-likeness (QED) is 0.851. The predicted octanol–water partition coefficient (Wildman–Crippen LogP) is 3.46. The molecule has 0 unspecified atom stereocenters. The maximum atomic E-state index is 12.1. The Labute approximate surface area is 128 Å². The molecule has 0 spiro atoms. The first-order chi connectivity index (χ1) is 8.94. The minimum atomic E-state index is -3.67. The number of hydrogen-bond acceptors (Lipinski definition) is 4. The lowest BCUT2D eigenvalue weighted by Gasteiger charge is -2.09. The number of thiophene rings is 1. The molecular formula is C11H9BrClNO3S2. The fraction of sp³-hybridized carbons (Fsp3) is 0.0909. The lowest BCUT2D eigenvalue weighted by atomic mass is 10.3. The Hall–Kier alpha value is -0.600. The molecule has 0 aliphatic rings. The van der Waals surface area contributed by atoms with Crippen molar-refractivity contribution in [2.45, 2.75) is 10.8 Å². The molecule has 0 radical (unpaired) electrons. The minimum absolute atomic E-state index is 0.142. The molecule has 0 bridgehead atoms. The van der Waals surface area contributed by atoms with Gasteiger partial charge in [0, 0.05) is 4.88 Å². The Morgan fingerprint density at radius 1 is 1.32 bits per heavy atom. The van der Waals surface area contributed by atoms with E-state index in [0.717, 1.165) is 11.3 Å². The van der Waals surface area contributed by atoms with Crippen molar-refractivity contribution in [1.82, 2.24) is 0 Å².